The lowest BCUT2D eigenvalue weighted by Gasteiger charge is -2.15. The minimum atomic E-state index is -1.07. The van der Waals surface area contributed by atoms with Crippen molar-refractivity contribution in [1.29, 1.82) is 0 Å². The number of aromatic carboxylic acids is 1. The Morgan fingerprint density at radius 3 is 2.42 bits per heavy atom. The maximum atomic E-state index is 11.1. The van der Waals surface area contributed by atoms with Crippen LogP contribution in [0.2, 0.25) is 15.1 Å². The van der Waals surface area contributed by atoms with E-state index in [1.54, 1.807) is 31.4 Å². The van der Waals surface area contributed by atoms with Crippen LogP contribution in [0.25, 0.3) is 0 Å². The molecule has 0 radical (unpaired) electrons. The Kier molecular flexibility index (Phi) is 7.94. The summed E-state index contributed by atoms with van der Waals surface area (Å²) in [5.74, 6) is 0.0540. The highest BCUT2D eigenvalue weighted by Crippen LogP contribution is 2.37. The second-order valence-electron chi connectivity index (χ2n) is 6.50. The second-order valence-corrected chi connectivity index (χ2v) is 8.58. The van der Waals surface area contributed by atoms with Crippen LogP contribution in [-0.2, 0) is 13.2 Å². The first kappa shape index (κ1) is 23.5. The molecule has 3 aromatic carbocycles. The van der Waals surface area contributed by atoms with Gasteiger partial charge in [-0.25, -0.2) is 4.79 Å². The van der Waals surface area contributed by atoms with E-state index in [1.807, 2.05) is 18.2 Å². The number of benzene rings is 3. The zero-order valence-corrected chi connectivity index (χ0v) is 20.1. The lowest BCUT2D eigenvalue weighted by Crippen LogP contribution is -2.04. The number of hydrogen-bond donors (Lipinski definition) is 2. The molecule has 0 fully saturated rings. The van der Waals surface area contributed by atoms with Crippen molar-refractivity contribution >= 4 is 62.4 Å². The highest BCUT2D eigenvalue weighted by atomic mass is 79.9. The molecular weight excluding hydrogens is 529 g/mol. The van der Waals surface area contributed by atoms with Crippen LogP contribution in [0.4, 0.5) is 5.69 Å². The smallest absolute Gasteiger partial charge is 0.337 e. The third-order valence-corrected chi connectivity index (χ3v) is 5.99. The van der Waals surface area contributed by atoms with Gasteiger partial charge in [-0.05, 0) is 69.5 Å². The van der Waals surface area contributed by atoms with Gasteiger partial charge in [0.05, 0.1) is 32.2 Å². The molecule has 0 saturated heterocycles. The number of carbonyl (C=O) groups is 1. The molecule has 9 heteroatoms. The third-order valence-electron chi connectivity index (χ3n) is 4.35. The summed E-state index contributed by atoms with van der Waals surface area (Å²) in [5, 5.41) is 13.4. The van der Waals surface area contributed by atoms with Crippen LogP contribution in [0.5, 0.6) is 11.5 Å². The molecule has 0 aliphatic rings. The average Bonchev–Trinajstić information content (AvgIpc) is 2.73. The normalized spacial score (nSPS) is 10.6. The molecule has 0 aliphatic heterocycles. The Bertz CT molecular complexity index is 1120. The van der Waals surface area contributed by atoms with E-state index < -0.39 is 5.97 Å². The Morgan fingerprint density at radius 1 is 1.00 bits per heavy atom. The van der Waals surface area contributed by atoms with Gasteiger partial charge in [-0.15, -0.1) is 0 Å². The van der Waals surface area contributed by atoms with Crippen molar-refractivity contribution < 1.29 is 19.4 Å². The van der Waals surface area contributed by atoms with E-state index in [2.05, 4.69) is 21.2 Å². The first-order chi connectivity index (χ1) is 14.8. The highest BCUT2D eigenvalue weighted by Gasteiger charge is 2.13. The van der Waals surface area contributed by atoms with Crippen molar-refractivity contribution in [2.45, 2.75) is 13.2 Å². The van der Waals surface area contributed by atoms with E-state index in [1.165, 1.54) is 6.07 Å². The molecule has 0 saturated carbocycles. The zero-order chi connectivity index (χ0) is 22.5. The van der Waals surface area contributed by atoms with Gasteiger partial charge in [0.15, 0.2) is 11.5 Å². The van der Waals surface area contributed by atoms with Gasteiger partial charge in [-0.1, -0.05) is 40.9 Å². The molecule has 31 heavy (non-hydrogen) atoms. The van der Waals surface area contributed by atoms with Crippen molar-refractivity contribution in [3.63, 3.8) is 0 Å². The van der Waals surface area contributed by atoms with Crippen molar-refractivity contribution in [2.24, 2.45) is 0 Å². The first-order valence-electron chi connectivity index (χ1n) is 8.98. The number of methoxy groups -OCH3 is 1. The molecule has 3 rings (SSSR count). The number of halogens is 4. The van der Waals surface area contributed by atoms with E-state index >= 15 is 0 Å². The summed E-state index contributed by atoms with van der Waals surface area (Å²) in [7, 11) is 1.56. The molecule has 0 heterocycles. The van der Waals surface area contributed by atoms with Crippen molar-refractivity contribution in [3.8, 4) is 11.5 Å². The number of ether oxygens (including phenoxy) is 2. The number of anilines is 1. The van der Waals surface area contributed by atoms with Crippen LogP contribution >= 0.6 is 50.7 Å². The largest absolute Gasteiger partial charge is 0.493 e. The Hall–Kier alpha value is -2.12. The quantitative estimate of drug-likeness (QED) is 0.311. The summed E-state index contributed by atoms with van der Waals surface area (Å²) < 4.78 is 12.2. The molecule has 0 aromatic heterocycles. The molecule has 0 aliphatic carbocycles. The lowest BCUT2D eigenvalue weighted by atomic mass is 10.1. The molecule has 0 unspecified atom stereocenters. The Labute approximate surface area is 203 Å². The topological polar surface area (TPSA) is 67.8 Å². The standard InChI is InChI=1S/C22H17BrCl3NO4/c1-30-20-8-13(10-27-14-3-4-15(22(28)29)18(25)9-14)6-16(23)21(20)31-11-12-2-5-17(24)19(26)7-12/h2-9,27H,10-11H2,1H3,(H,28,29). The SMILES string of the molecule is COc1cc(CNc2ccc(C(=O)O)c(Cl)c2)cc(Br)c1OCc1ccc(Cl)c(Cl)c1. The second kappa shape index (κ2) is 10.5. The van der Waals surface area contributed by atoms with Gasteiger partial charge in [0.1, 0.15) is 6.61 Å². The number of nitrogens with one attached hydrogen (secondary N) is 1. The molecule has 0 atom stereocenters. The average molecular weight is 546 g/mol. The summed E-state index contributed by atoms with van der Waals surface area (Å²) >= 11 is 21.6. The minimum absolute atomic E-state index is 0.0557. The molecule has 0 bridgehead atoms. The van der Waals surface area contributed by atoms with Gasteiger partial charge < -0.3 is 19.9 Å². The van der Waals surface area contributed by atoms with Crippen molar-refractivity contribution in [2.75, 3.05) is 12.4 Å². The summed E-state index contributed by atoms with van der Waals surface area (Å²) in [4.78, 5) is 11.1. The van der Waals surface area contributed by atoms with Crippen LogP contribution < -0.4 is 14.8 Å². The molecular formula is C22H17BrCl3NO4. The monoisotopic (exact) mass is 543 g/mol. The maximum absolute atomic E-state index is 11.1. The lowest BCUT2D eigenvalue weighted by molar-refractivity contribution is 0.0697. The fraction of sp³-hybridized carbons (Fsp3) is 0.136. The van der Waals surface area contributed by atoms with Gasteiger partial charge in [0.2, 0.25) is 0 Å². The van der Waals surface area contributed by atoms with Gasteiger partial charge in [-0.3, -0.25) is 0 Å². The summed E-state index contributed by atoms with van der Waals surface area (Å²) in [5.41, 5.74) is 2.55. The maximum Gasteiger partial charge on any atom is 0.337 e. The highest BCUT2D eigenvalue weighted by molar-refractivity contribution is 9.10. The molecule has 162 valence electrons. The molecule has 2 N–H and O–H groups in total. The third kappa shape index (κ3) is 5.98. The zero-order valence-electron chi connectivity index (χ0n) is 16.2. The van der Waals surface area contributed by atoms with Crippen LogP contribution in [0.1, 0.15) is 21.5 Å². The van der Waals surface area contributed by atoms with Crippen LogP contribution in [-0.4, -0.2) is 18.2 Å². The van der Waals surface area contributed by atoms with Gasteiger partial charge in [0.25, 0.3) is 0 Å². The van der Waals surface area contributed by atoms with E-state index in [9.17, 15) is 4.79 Å². The molecule has 0 amide bonds. The number of hydrogen-bond acceptors (Lipinski definition) is 4. The van der Waals surface area contributed by atoms with Crippen molar-refractivity contribution in [3.05, 3.63) is 84.8 Å². The number of carboxylic acids is 1. The summed E-state index contributed by atoms with van der Waals surface area (Å²) in [6.07, 6.45) is 0. The Balaban J connectivity index is 1.72. The fourth-order valence-corrected chi connectivity index (χ4v) is 3.99. The van der Waals surface area contributed by atoms with Gasteiger partial charge >= 0.3 is 5.97 Å². The fourth-order valence-electron chi connectivity index (χ4n) is 2.80. The molecule has 3 aromatic rings. The number of carboxylic acid groups (broad SMARTS) is 1. The van der Waals surface area contributed by atoms with Crippen LogP contribution in [0.3, 0.4) is 0 Å². The number of rotatable bonds is 8. The van der Waals surface area contributed by atoms with E-state index in [0.29, 0.717) is 33.8 Å². The van der Waals surface area contributed by atoms with Gasteiger partial charge in [-0.2, -0.15) is 0 Å². The van der Waals surface area contributed by atoms with Crippen molar-refractivity contribution in [1.82, 2.24) is 0 Å². The van der Waals surface area contributed by atoms with Crippen LogP contribution in [0.15, 0.2) is 53.0 Å². The van der Waals surface area contributed by atoms with Crippen LogP contribution in [0, 0.1) is 0 Å². The van der Waals surface area contributed by atoms with E-state index in [4.69, 9.17) is 49.4 Å². The predicted octanol–water partition coefficient (Wildman–Crippen LogP) is 7.31. The summed E-state index contributed by atoms with van der Waals surface area (Å²) in [6, 6.07) is 13.8. The van der Waals surface area contributed by atoms with E-state index in [0.717, 1.165) is 15.6 Å². The first-order valence-corrected chi connectivity index (χ1v) is 10.9. The van der Waals surface area contributed by atoms with Gasteiger partial charge in [0, 0.05) is 12.2 Å². The Morgan fingerprint density at radius 2 is 1.77 bits per heavy atom. The van der Waals surface area contributed by atoms with E-state index in [-0.39, 0.29) is 17.2 Å². The molecule has 0 spiro atoms. The molecule has 5 nitrogen and oxygen atoms in total. The summed E-state index contributed by atoms with van der Waals surface area (Å²) in [6.45, 7) is 0.753. The minimum Gasteiger partial charge on any atom is -0.493 e. The predicted molar refractivity (Wildman–Crippen MR) is 127 cm³/mol.